The van der Waals surface area contributed by atoms with Gasteiger partial charge in [0.05, 0.1) is 6.61 Å². The summed E-state index contributed by atoms with van der Waals surface area (Å²) in [4.78, 5) is 0. The van der Waals surface area contributed by atoms with Gasteiger partial charge >= 0.3 is 0 Å². The van der Waals surface area contributed by atoms with E-state index in [0.29, 0.717) is 6.61 Å². The molecule has 0 aliphatic heterocycles. The van der Waals surface area contributed by atoms with Crippen LogP contribution in [0.4, 0.5) is 0 Å². The standard InChI is InChI=1S/C16H15NO/c1-16(13-17,15-10-6-3-7-11-15)18-12-14-8-4-2-5-9-14/h2-11H,12H2,1H3. The molecule has 0 aromatic heterocycles. The predicted octanol–water partition coefficient (Wildman–Crippen LogP) is 3.64. The Balaban J connectivity index is 2.13. The van der Waals surface area contributed by atoms with Crippen LogP contribution in [-0.2, 0) is 16.9 Å². The second kappa shape index (κ2) is 5.48. The Morgan fingerprint density at radius 3 is 2.11 bits per heavy atom. The van der Waals surface area contributed by atoms with Crippen LogP contribution in [0.1, 0.15) is 18.1 Å². The average molecular weight is 237 g/mol. The van der Waals surface area contributed by atoms with Crippen molar-refractivity contribution >= 4 is 0 Å². The molecule has 0 saturated heterocycles. The summed E-state index contributed by atoms with van der Waals surface area (Å²) in [5.41, 5.74) is 1.04. The van der Waals surface area contributed by atoms with Crippen molar-refractivity contribution in [1.29, 1.82) is 5.26 Å². The van der Waals surface area contributed by atoms with E-state index in [1.807, 2.05) is 60.7 Å². The first kappa shape index (κ1) is 12.3. The van der Waals surface area contributed by atoms with Crippen LogP contribution in [-0.4, -0.2) is 0 Å². The first-order chi connectivity index (χ1) is 8.74. The molecule has 0 fully saturated rings. The smallest absolute Gasteiger partial charge is 0.177 e. The van der Waals surface area contributed by atoms with Crippen molar-refractivity contribution < 1.29 is 4.74 Å². The first-order valence-electron chi connectivity index (χ1n) is 5.89. The largest absolute Gasteiger partial charge is 0.352 e. The average Bonchev–Trinajstić information content (AvgIpc) is 2.47. The Morgan fingerprint density at radius 1 is 1.00 bits per heavy atom. The minimum absolute atomic E-state index is 0.430. The van der Waals surface area contributed by atoms with Crippen molar-refractivity contribution in [1.82, 2.24) is 0 Å². The van der Waals surface area contributed by atoms with Gasteiger partial charge in [-0.15, -0.1) is 0 Å². The van der Waals surface area contributed by atoms with Gasteiger partial charge in [0.25, 0.3) is 0 Å². The van der Waals surface area contributed by atoms with Crippen molar-refractivity contribution in [3.05, 3.63) is 71.8 Å². The Kier molecular flexibility index (Phi) is 3.76. The number of nitrogens with zero attached hydrogens (tertiary/aromatic N) is 1. The van der Waals surface area contributed by atoms with E-state index in [0.717, 1.165) is 11.1 Å². The third-order valence-corrected chi connectivity index (χ3v) is 2.91. The second-order valence-corrected chi connectivity index (χ2v) is 4.29. The molecule has 2 rings (SSSR count). The Bertz CT molecular complexity index is 530. The van der Waals surface area contributed by atoms with Crippen LogP contribution in [0.5, 0.6) is 0 Å². The number of rotatable bonds is 4. The predicted molar refractivity (Wildman–Crippen MR) is 70.6 cm³/mol. The summed E-state index contributed by atoms with van der Waals surface area (Å²) >= 11 is 0. The SMILES string of the molecule is CC(C#N)(OCc1ccccc1)c1ccccc1. The molecular weight excluding hydrogens is 222 g/mol. The number of nitriles is 1. The molecule has 0 heterocycles. The van der Waals surface area contributed by atoms with Gasteiger partial charge in [-0.05, 0) is 18.1 Å². The lowest BCUT2D eigenvalue weighted by atomic mass is 9.97. The van der Waals surface area contributed by atoms with Gasteiger partial charge in [-0.3, -0.25) is 0 Å². The van der Waals surface area contributed by atoms with E-state index in [1.165, 1.54) is 0 Å². The van der Waals surface area contributed by atoms with Gasteiger partial charge in [0.15, 0.2) is 5.60 Å². The van der Waals surface area contributed by atoms with Crippen LogP contribution in [0.2, 0.25) is 0 Å². The van der Waals surface area contributed by atoms with Crippen LogP contribution in [0.25, 0.3) is 0 Å². The third-order valence-electron chi connectivity index (χ3n) is 2.91. The molecule has 0 saturated carbocycles. The van der Waals surface area contributed by atoms with Gasteiger partial charge in [-0.1, -0.05) is 60.7 Å². The van der Waals surface area contributed by atoms with Gasteiger partial charge < -0.3 is 4.74 Å². The zero-order chi connectivity index (χ0) is 12.8. The zero-order valence-corrected chi connectivity index (χ0v) is 10.3. The molecule has 1 atom stereocenters. The van der Waals surface area contributed by atoms with Crippen LogP contribution in [0.3, 0.4) is 0 Å². The number of hydrogen-bond acceptors (Lipinski definition) is 2. The molecule has 2 heteroatoms. The highest BCUT2D eigenvalue weighted by Crippen LogP contribution is 2.25. The van der Waals surface area contributed by atoms with E-state index in [-0.39, 0.29) is 0 Å². The second-order valence-electron chi connectivity index (χ2n) is 4.29. The van der Waals surface area contributed by atoms with E-state index in [4.69, 9.17) is 4.74 Å². The molecule has 2 aromatic rings. The maximum Gasteiger partial charge on any atom is 0.177 e. The number of hydrogen-bond donors (Lipinski definition) is 0. The molecule has 1 unspecified atom stereocenters. The fourth-order valence-corrected chi connectivity index (χ4v) is 1.74. The third kappa shape index (κ3) is 2.77. The fourth-order valence-electron chi connectivity index (χ4n) is 1.74. The maximum absolute atomic E-state index is 9.34. The summed E-state index contributed by atoms with van der Waals surface area (Å²) in [6, 6.07) is 21.7. The lowest BCUT2D eigenvalue weighted by molar-refractivity contribution is -0.00444. The molecule has 2 aromatic carbocycles. The van der Waals surface area contributed by atoms with Crippen LogP contribution in [0.15, 0.2) is 60.7 Å². The monoisotopic (exact) mass is 237 g/mol. The van der Waals surface area contributed by atoms with Crippen LogP contribution < -0.4 is 0 Å². The van der Waals surface area contributed by atoms with E-state index in [2.05, 4.69) is 6.07 Å². The molecule has 0 N–H and O–H groups in total. The Hall–Kier alpha value is -2.11. The van der Waals surface area contributed by atoms with Crippen molar-refractivity contribution in [3.8, 4) is 6.07 Å². The van der Waals surface area contributed by atoms with E-state index < -0.39 is 5.60 Å². The lowest BCUT2D eigenvalue weighted by Gasteiger charge is -2.22. The lowest BCUT2D eigenvalue weighted by Crippen LogP contribution is -2.23. The normalized spacial score (nSPS) is 13.6. The molecular formula is C16H15NO. The van der Waals surface area contributed by atoms with Crippen molar-refractivity contribution in [2.75, 3.05) is 0 Å². The van der Waals surface area contributed by atoms with Gasteiger partial charge in [-0.2, -0.15) is 5.26 Å². The number of benzene rings is 2. The highest BCUT2D eigenvalue weighted by atomic mass is 16.5. The molecule has 90 valence electrons. The van der Waals surface area contributed by atoms with Gasteiger partial charge in [0, 0.05) is 0 Å². The maximum atomic E-state index is 9.34. The summed E-state index contributed by atoms with van der Waals surface area (Å²) in [5.74, 6) is 0. The minimum Gasteiger partial charge on any atom is -0.352 e. The Morgan fingerprint density at radius 2 is 1.56 bits per heavy atom. The van der Waals surface area contributed by atoms with Crippen LogP contribution in [0, 0.1) is 11.3 Å². The van der Waals surface area contributed by atoms with Gasteiger partial charge in [0.1, 0.15) is 6.07 Å². The summed E-state index contributed by atoms with van der Waals surface area (Å²) < 4.78 is 5.79. The van der Waals surface area contributed by atoms with Crippen molar-refractivity contribution in [3.63, 3.8) is 0 Å². The van der Waals surface area contributed by atoms with Gasteiger partial charge in [-0.25, -0.2) is 0 Å². The van der Waals surface area contributed by atoms with E-state index >= 15 is 0 Å². The number of ether oxygens (including phenoxy) is 1. The van der Waals surface area contributed by atoms with Crippen molar-refractivity contribution in [2.45, 2.75) is 19.1 Å². The summed E-state index contributed by atoms with van der Waals surface area (Å²) in [5, 5.41) is 9.34. The molecule has 0 spiro atoms. The summed E-state index contributed by atoms with van der Waals surface area (Å²) in [6.07, 6.45) is 0. The van der Waals surface area contributed by atoms with Crippen LogP contribution >= 0.6 is 0 Å². The molecule has 0 radical (unpaired) electrons. The highest BCUT2D eigenvalue weighted by Gasteiger charge is 2.26. The molecule has 0 aliphatic carbocycles. The quantitative estimate of drug-likeness (QED) is 0.813. The molecule has 18 heavy (non-hydrogen) atoms. The minimum atomic E-state index is -0.906. The van der Waals surface area contributed by atoms with Crippen molar-refractivity contribution in [2.24, 2.45) is 0 Å². The summed E-state index contributed by atoms with van der Waals surface area (Å²) in [6.45, 7) is 2.23. The molecule has 0 bridgehead atoms. The highest BCUT2D eigenvalue weighted by molar-refractivity contribution is 5.28. The fraction of sp³-hybridized carbons (Fsp3) is 0.188. The zero-order valence-electron chi connectivity index (χ0n) is 10.3. The van der Waals surface area contributed by atoms with E-state index in [9.17, 15) is 5.26 Å². The topological polar surface area (TPSA) is 33.0 Å². The first-order valence-corrected chi connectivity index (χ1v) is 5.89. The summed E-state index contributed by atoms with van der Waals surface area (Å²) in [7, 11) is 0. The molecule has 0 aliphatic rings. The molecule has 0 amide bonds. The molecule has 2 nitrogen and oxygen atoms in total. The Labute approximate surface area is 107 Å². The van der Waals surface area contributed by atoms with Gasteiger partial charge in [0.2, 0.25) is 0 Å². The van der Waals surface area contributed by atoms with E-state index in [1.54, 1.807) is 6.92 Å².